The smallest absolute Gasteiger partial charge is 0.0701 e. The van der Waals surface area contributed by atoms with Crippen LogP contribution in [-0.4, -0.2) is 26.4 Å². The van der Waals surface area contributed by atoms with E-state index in [1.165, 1.54) is 16.7 Å². The van der Waals surface area contributed by atoms with Crippen molar-refractivity contribution in [2.24, 2.45) is 5.73 Å². The highest BCUT2D eigenvalue weighted by molar-refractivity contribution is 5.32. The summed E-state index contributed by atoms with van der Waals surface area (Å²) in [4.78, 5) is 0. The molecule has 0 spiro atoms. The van der Waals surface area contributed by atoms with Gasteiger partial charge in [-0.25, -0.2) is 0 Å². The lowest BCUT2D eigenvalue weighted by molar-refractivity contribution is 0.0472. The van der Waals surface area contributed by atoms with Gasteiger partial charge in [0.1, 0.15) is 0 Å². The summed E-state index contributed by atoms with van der Waals surface area (Å²) in [5.41, 5.74) is 9.73. The van der Waals surface area contributed by atoms with Gasteiger partial charge in [0, 0.05) is 6.61 Å². The first-order valence-corrected chi connectivity index (χ1v) is 6.13. The Morgan fingerprint density at radius 1 is 1.18 bits per heavy atom. The van der Waals surface area contributed by atoms with Crippen LogP contribution < -0.4 is 5.73 Å². The van der Waals surface area contributed by atoms with Gasteiger partial charge in [-0.1, -0.05) is 23.8 Å². The van der Waals surface area contributed by atoms with Gasteiger partial charge in [0.25, 0.3) is 0 Å². The van der Waals surface area contributed by atoms with E-state index in [1.54, 1.807) is 0 Å². The summed E-state index contributed by atoms with van der Waals surface area (Å²) in [6.07, 6.45) is 0. The van der Waals surface area contributed by atoms with Gasteiger partial charge in [-0.15, -0.1) is 0 Å². The van der Waals surface area contributed by atoms with Crippen molar-refractivity contribution in [2.75, 3.05) is 26.4 Å². The van der Waals surface area contributed by atoms with Gasteiger partial charge in [-0.05, 0) is 31.9 Å². The molecule has 0 aliphatic carbocycles. The van der Waals surface area contributed by atoms with Crippen LogP contribution in [0.2, 0.25) is 0 Å². The van der Waals surface area contributed by atoms with Crippen molar-refractivity contribution in [3.63, 3.8) is 0 Å². The maximum absolute atomic E-state index is 6.11. The predicted molar refractivity (Wildman–Crippen MR) is 70.2 cm³/mol. The first kappa shape index (κ1) is 14.2. The zero-order chi connectivity index (χ0) is 12.7. The molecule has 0 fully saturated rings. The summed E-state index contributed by atoms with van der Waals surface area (Å²) < 4.78 is 10.7. The van der Waals surface area contributed by atoms with Crippen molar-refractivity contribution < 1.29 is 9.47 Å². The van der Waals surface area contributed by atoms with Crippen molar-refractivity contribution in [2.45, 2.75) is 26.8 Å². The fraction of sp³-hybridized carbons (Fsp3) is 0.571. The summed E-state index contributed by atoms with van der Waals surface area (Å²) in [6.45, 7) is 8.63. The molecule has 1 unspecified atom stereocenters. The van der Waals surface area contributed by atoms with Crippen molar-refractivity contribution >= 4 is 0 Å². The van der Waals surface area contributed by atoms with Gasteiger partial charge in [0.15, 0.2) is 0 Å². The normalized spacial score (nSPS) is 12.7. The predicted octanol–water partition coefficient (Wildman–Crippen LogP) is 2.36. The van der Waals surface area contributed by atoms with Crippen LogP contribution in [0.3, 0.4) is 0 Å². The number of ether oxygens (including phenoxy) is 2. The molecule has 0 saturated heterocycles. The molecule has 0 bridgehead atoms. The second-order valence-corrected chi connectivity index (χ2v) is 4.24. The second-order valence-electron chi connectivity index (χ2n) is 4.24. The van der Waals surface area contributed by atoms with Gasteiger partial charge in [-0.2, -0.15) is 0 Å². The van der Waals surface area contributed by atoms with Crippen LogP contribution in [0.15, 0.2) is 18.2 Å². The number of hydrogen-bond acceptors (Lipinski definition) is 3. The van der Waals surface area contributed by atoms with Gasteiger partial charge in [-0.3, -0.25) is 0 Å². The van der Waals surface area contributed by atoms with E-state index < -0.39 is 0 Å². The highest BCUT2D eigenvalue weighted by Gasteiger charge is 2.09. The second kappa shape index (κ2) is 7.43. The average molecular weight is 237 g/mol. The van der Waals surface area contributed by atoms with Gasteiger partial charge in [0.2, 0.25) is 0 Å². The van der Waals surface area contributed by atoms with E-state index in [1.807, 2.05) is 6.92 Å². The number of rotatable bonds is 7. The molecule has 1 aromatic rings. The van der Waals surface area contributed by atoms with Crippen LogP contribution in [0.25, 0.3) is 0 Å². The largest absolute Gasteiger partial charge is 0.379 e. The lowest BCUT2D eigenvalue weighted by atomic mass is 10.00. The summed E-state index contributed by atoms with van der Waals surface area (Å²) >= 11 is 0. The molecule has 3 nitrogen and oxygen atoms in total. The maximum Gasteiger partial charge on any atom is 0.0701 e. The fourth-order valence-corrected chi connectivity index (χ4v) is 1.72. The molecular weight excluding hydrogens is 214 g/mol. The third-order valence-corrected chi connectivity index (χ3v) is 2.71. The molecule has 1 rings (SSSR count). The lowest BCUT2D eigenvalue weighted by Gasteiger charge is -2.15. The first-order chi connectivity index (χ1) is 8.15. The molecule has 3 heteroatoms. The Kier molecular flexibility index (Phi) is 6.19. The molecule has 1 atom stereocenters. The van der Waals surface area contributed by atoms with Crippen molar-refractivity contribution in [1.29, 1.82) is 0 Å². The molecule has 0 saturated carbocycles. The summed E-state index contributed by atoms with van der Waals surface area (Å²) in [5, 5.41) is 0. The molecule has 0 heterocycles. The zero-order valence-electron chi connectivity index (χ0n) is 11.0. The number of hydrogen-bond donors (Lipinski definition) is 1. The van der Waals surface area contributed by atoms with Crippen LogP contribution in [-0.2, 0) is 9.47 Å². The standard InChI is InChI=1S/C14H23NO2/c1-4-16-7-8-17-10-14(15)13-9-11(2)5-6-12(13)3/h5-6,9,14H,4,7-8,10,15H2,1-3H3. The molecular formula is C14H23NO2. The number of benzene rings is 1. The highest BCUT2D eigenvalue weighted by Crippen LogP contribution is 2.17. The van der Waals surface area contributed by atoms with E-state index in [2.05, 4.69) is 32.0 Å². The molecule has 0 radical (unpaired) electrons. The van der Waals surface area contributed by atoms with Crippen LogP contribution in [0.1, 0.15) is 29.7 Å². The monoisotopic (exact) mass is 237 g/mol. The van der Waals surface area contributed by atoms with Gasteiger partial charge < -0.3 is 15.2 Å². The fourth-order valence-electron chi connectivity index (χ4n) is 1.72. The Morgan fingerprint density at radius 2 is 1.88 bits per heavy atom. The number of aryl methyl sites for hydroxylation is 2. The van der Waals surface area contributed by atoms with Crippen LogP contribution in [0.4, 0.5) is 0 Å². The summed E-state index contributed by atoms with van der Waals surface area (Å²) in [7, 11) is 0. The first-order valence-electron chi connectivity index (χ1n) is 6.13. The molecule has 0 aliphatic rings. The van der Waals surface area contributed by atoms with Crippen molar-refractivity contribution in [1.82, 2.24) is 0 Å². The molecule has 17 heavy (non-hydrogen) atoms. The molecule has 0 aliphatic heterocycles. The van der Waals surface area contributed by atoms with E-state index in [0.717, 1.165) is 6.61 Å². The quantitative estimate of drug-likeness (QED) is 0.740. The van der Waals surface area contributed by atoms with Crippen LogP contribution >= 0.6 is 0 Å². The molecule has 2 N–H and O–H groups in total. The third kappa shape index (κ3) is 4.86. The minimum atomic E-state index is -0.0588. The molecule has 0 amide bonds. The molecule has 96 valence electrons. The van der Waals surface area contributed by atoms with Gasteiger partial charge >= 0.3 is 0 Å². The topological polar surface area (TPSA) is 44.5 Å². The van der Waals surface area contributed by atoms with E-state index in [-0.39, 0.29) is 6.04 Å². The Labute approximate surface area is 104 Å². The highest BCUT2D eigenvalue weighted by atomic mass is 16.5. The Bertz CT molecular complexity index is 339. The summed E-state index contributed by atoms with van der Waals surface area (Å²) in [6, 6.07) is 6.27. The minimum absolute atomic E-state index is 0.0588. The van der Waals surface area contributed by atoms with Crippen LogP contribution in [0, 0.1) is 13.8 Å². The zero-order valence-corrected chi connectivity index (χ0v) is 11.0. The average Bonchev–Trinajstić information content (AvgIpc) is 2.32. The van der Waals surface area contributed by atoms with Crippen molar-refractivity contribution in [3.05, 3.63) is 34.9 Å². The van der Waals surface area contributed by atoms with E-state index in [4.69, 9.17) is 15.2 Å². The maximum atomic E-state index is 6.11. The SMILES string of the molecule is CCOCCOCC(N)c1cc(C)ccc1C. The Balaban J connectivity index is 2.41. The van der Waals surface area contributed by atoms with Crippen LogP contribution in [0.5, 0.6) is 0 Å². The minimum Gasteiger partial charge on any atom is -0.379 e. The van der Waals surface area contributed by atoms with E-state index in [0.29, 0.717) is 19.8 Å². The molecule has 1 aromatic carbocycles. The Morgan fingerprint density at radius 3 is 2.59 bits per heavy atom. The Hall–Kier alpha value is -0.900. The summed E-state index contributed by atoms with van der Waals surface area (Å²) in [5.74, 6) is 0. The van der Waals surface area contributed by atoms with Gasteiger partial charge in [0.05, 0.1) is 25.9 Å². The number of nitrogens with two attached hydrogens (primary N) is 1. The van der Waals surface area contributed by atoms with E-state index >= 15 is 0 Å². The molecule has 0 aromatic heterocycles. The lowest BCUT2D eigenvalue weighted by Crippen LogP contribution is -2.19. The van der Waals surface area contributed by atoms with E-state index in [9.17, 15) is 0 Å². The van der Waals surface area contributed by atoms with Crippen molar-refractivity contribution in [3.8, 4) is 0 Å². The third-order valence-electron chi connectivity index (χ3n) is 2.71.